The number of carbonyl (C=O) groups excluding carboxylic acids is 1. The monoisotopic (exact) mass is 248 g/mol. The predicted molar refractivity (Wildman–Crippen MR) is 69.1 cm³/mol. The van der Waals surface area contributed by atoms with Gasteiger partial charge >= 0.3 is 0 Å². The molecular formula is C14H17FN2O. The molecule has 1 unspecified atom stereocenters. The summed E-state index contributed by atoms with van der Waals surface area (Å²) in [7, 11) is 1.76. The average Bonchev–Trinajstić information content (AvgIpc) is 2.36. The largest absolute Gasteiger partial charge is 0.345 e. The molecule has 0 aliphatic carbocycles. The second-order valence-corrected chi connectivity index (χ2v) is 4.36. The highest BCUT2D eigenvalue weighted by atomic mass is 19.1. The Morgan fingerprint density at radius 2 is 2.17 bits per heavy atom. The zero-order valence-electron chi connectivity index (χ0n) is 10.9. The van der Waals surface area contributed by atoms with E-state index in [9.17, 15) is 4.39 Å². The molecule has 1 aliphatic heterocycles. The van der Waals surface area contributed by atoms with Gasteiger partial charge in [0.05, 0.1) is 11.6 Å². The van der Waals surface area contributed by atoms with E-state index in [-0.39, 0.29) is 5.92 Å². The molecule has 0 fully saturated rings. The lowest BCUT2D eigenvalue weighted by atomic mass is 9.92. The van der Waals surface area contributed by atoms with E-state index in [2.05, 4.69) is 6.07 Å². The molecule has 2 rings (SSSR count). The van der Waals surface area contributed by atoms with Crippen molar-refractivity contribution in [2.75, 3.05) is 11.9 Å². The molecule has 2 atom stereocenters. The SMILES string of the molecule is CC1Cc2cc(C#N)ccc2N(C)[C@H]1F.CC=O. The number of aldehydes is 1. The Morgan fingerprint density at radius 1 is 1.56 bits per heavy atom. The number of halogens is 1. The number of nitriles is 1. The normalized spacial score (nSPS) is 21.2. The number of benzene rings is 1. The topological polar surface area (TPSA) is 44.1 Å². The standard InChI is InChI=1S/C12H13FN2.C2H4O/c1-8-5-10-6-9(7-14)3-4-11(10)15(2)12(8)13;1-2-3/h3-4,6,8,12H,5H2,1-2H3;2H,1H3/t8?,12-;/m1./s1. The molecule has 0 amide bonds. The van der Waals surface area contributed by atoms with Gasteiger partial charge in [0.2, 0.25) is 0 Å². The van der Waals surface area contributed by atoms with Gasteiger partial charge in [-0.1, -0.05) is 6.92 Å². The van der Waals surface area contributed by atoms with Crippen LogP contribution < -0.4 is 4.90 Å². The highest BCUT2D eigenvalue weighted by Gasteiger charge is 2.29. The Balaban J connectivity index is 0.000000492. The average molecular weight is 248 g/mol. The summed E-state index contributed by atoms with van der Waals surface area (Å²) in [6, 6.07) is 7.52. The van der Waals surface area contributed by atoms with Gasteiger partial charge in [0, 0.05) is 18.7 Å². The van der Waals surface area contributed by atoms with Gasteiger partial charge in [-0.25, -0.2) is 4.39 Å². The summed E-state index contributed by atoms with van der Waals surface area (Å²) in [5, 5.41) is 8.79. The van der Waals surface area contributed by atoms with Crippen LogP contribution in [0.25, 0.3) is 0 Å². The number of rotatable bonds is 0. The van der Waals surface area contributed by atoms with Gasteiger partial charge in [-0.2, -0.15) is 5.26 Å². The lowest BCUT2D eigenvalue weighted by Gasteiger charge is -2.35. The van der Waals surface area contributed by atoms with Crippen molar-refractivity contribution in [2.24, 2.45) is 5.92 Å². The summed E-state index contributed by atoms with van der Waals surface area (Å²) in [6.45, 7) is 3.34. The molecule has 0 N–H and O–H groups in total. The summed E-state index contributed by atoms with van der Waals surface area (Å²) >= 11 is 0. The van der Waals surface area contributed by atoms with Gasteiger partial charge in [0.1, 0.15) is 6.29 Å². The third-order valence-electron chi connectivity index (χ3n) is 2.97. The number of nitrogens with zero attached hydrogens (tertiary/aromatic N) is 2. The molecule has 1 aliphatic rings. The fraction of sp³-hybridized carbons (Fsp3) is 0.429. The number of anilines is 1. The molecule has 0 radical (unpaired) electrons. The van der Waals surface area contributed by atoms with Crippen molar-refractivity contribution in [3.8, 4) is 6.07 Å². The van der Waals surface area contributed by atoms with Crippen molar-refractivity contribution in [1.82, 2.24) is 0 Å². The first kappa shape index (κ1) is 14.2. The van der Waals surface area contributed by atoms with Crippen LogP contribution in [0.1, 0.15) is 25.0 Å². The summed E-state index contributed by atoms with van der Waals surface area (Å²) in [6.07, 6.45) is 0.529. The number of hydrogen-bond acceptors (Lipinski definition) is 3. The molecule has 96 valence electrons. The van der Waals surface area contributed by atoms with Gasteiger partial charge in [0.15, 0.2) is 6.30 Å². The van der Waals surface area contributed by atoms with Gasteiger partial charge in [-0.05, 0) is 37.1 Å². The Kier molecular flexibility index (Phi) is 4.85. The second kappa shape index (κ2) is 6.15. The molecule has 18 heavy (non-hydrogen) atoms. The minimum atomic E-state index is -0.926. The van der Waals surface area contributed by atoms with Crippen LogP contribution in [0.3, 0.4) is 0 Å². The van der Waals surface area contributed by atoms with Crippen LogP contribution in [0.2, 0.25) is 0 Å². The highest BCUT2D eigenvalue weighted by Crippen LogP contribution is 2.33. The number of alkyl halides is 1. The van der Waals surface area contributed by atoms with Crippen LogP contribution in [0.5, 0.6) is 0 Å². The van der Waals surface area contributed by atoms with Gasteiger partial charge in [-0.3, -0.25) is 0 Å². The fourth-order valence-electron chi connectivity index (χ4n) is 2.12. The molecule has 1 aromatic carbocycles. The first-order valence-corrected chi connectivity index (χ1v) is 5.84. The maximum atomic E-state index is 13.7. The van der Waals surface area contributed by atoms with E-state index in [1.54, 1.807) is 18.0 Å². The van der Waals surface area contributed by atoms with Gasteiger partial charge < -0.3 is 9.69 Å². The fourth-order valence-corrected chi connectivity index (χ4v) is 2.12. The highest BCUT2D eigenvalue weighted by molar-refractivity contribution is 5.58. The predicted octanol–water partition coefficient (Wildman–Crippen LogP) is 2.69. The van der Waals surface area contributed by atoms with E-state index in [0.717, 1.165) is 17.5 Å². The maximum absolute atomic E-state index is 13.7. The van der Waals surface area contributed by atoms with Crippen molar-refractivity contribution < 1.29 is 9.18 Å². The van der Waals surface area contributed by atoms with E-state index in [1.165, 1.54) is 6.92 Å². The molecule has 0 aromatic heterocycles. The van der Waals surface area contributed by atoms with Crippen molar-refractivity contribution in [3.05, 3.63) is 29.3 Å². The lowest BCUT2D eigenvalue weighted by molar-refractivity contribution is -0.106. The summed E-state index contributed by atoms with van der Waals surface area (Å²) in [4.78, 5) is 10.4. The zero-order valence-corrected chi connectivity index (χ0v) is 10.9. The van der Waals surface area contributed by atoms with Crippen molar-refractivity contribution in [1.29, 1.82) is 5.26 Å². The quantitative estimate of drug-likeness (QED) is 0.523. The molecule has 0 saturated heterocycles. The Hall–Kier alpha value is -1.89. The van der Waals surface area contributed by atoms with Gasteiger partial charge in [0.25, 0.3) is 0 Å². The van der Waals surface area contributed by atoms with E-state index in [0.29, 0.717) is 12.0 Å². The van der Waals surface area contributed by atoms with E-state index in [4.69, 9.17) is 10.1 Å². The molecule has 0 bridgehead atoms. The first-order valence-electron chi connectivity index (χ1n) is 5.84. The van der Waals surface area contributed by atoms with Crippen molar-refractivity contribution in [3.63, 3.8) is 0 Å². The molecule has 0 spiro atoms. The third-order valence-corrected chi connectivity index (χ3v) is 2.97. The van der Waals surface area contributed by atoms with Crippen LogP contribution in [0, 0.1) is 17.2 Å². The maximum Gasteiger partial charge on any atom is 0.175 e. The molecule has 3 nitrogen and oxygen atoms in total. The van der Waals surface area contributed by atoms with E-state index >= 15 is 0 Å². The summed E-state index contributed by atoms with van der Waals surface area (Å²) in [5.41, 5.74) is 2.62. The second-order valence-electron chi connectivity index (χ2n) is 4.36. The van der Waals surface area contributed by atoms with Crippen LogP contribution in [-0.2, 0) is 11.2 Å². The van der Waals surface area contributed by atoms with E-state index < -0.39 is 6.30 Å². The smallest absolute Gasteiger partial charge is 0.175 e. The lowest BCUT2D eigenvalue weighted by Crippen LogP contribution is -2.38. The van der Waals surface area contributed by atoms with Crippen LogP contribution in [0.15, 0.2) is 18.2 Å². The number of fused-ring (bicyclic) bond motifs is 1. The van der Waals surface area contributed by atoms with Crippen LogP contribution >= 0.6 is 0 Å². The molecular weight excluding hydrogens is 231 g/mol. The number of carbonyl (C=O) groups is 1. The van der Waals surface area contributed by atoms with Crippen molar-refractivity contribution in [2.45, 2.75) is 26.6 Å². The number of hydrogen-bond donors (Lipinski definition) is 0. The Labute approximate surface area is 107 Å². The third kappa shape index (κ3) is 2.86. The first-order chi connectivity index (χ1) is 8.54. The molecule has 4 heteroatoms. The Morgan fingerprint density at radius 3 is 2.72 bits per heavy atom. The minimum absolute atomic E-state index is 0.0172. The Bertz CT molecular complexity index is 467. The molecule has 1 heterocycles. The van der Waals surface area contributed by atoms with E-state index in [1.807, 2.05) is 19.1 Å². The summed E-state index contributed by atoms with van der Waals surface area (Å²) < 4.78 is 13.7. The molecule has 1 aromatic rings. The summed E-state index contributed by atoms with van der Waals surface area (Å²) in [5.74, 6) is -0.0172. The van der Waals surface area contributed by atoms with Crippen LogP contribution in [0.4, 0.5) is 10.1 Å². The van der Waals surface area contributed by atoms with Crippen molar-refractivity contribution >= 4 is 12.0 Å². The van der Waals surface area contributed by atoms with Gasteiger partial charge in [-0.15, -0.1) is 0 Å². The zero-order chi connectivity index (χ0) is 13.7. The minimum Gasteiger partial charge on any atom is -0.345 e. The molecule has 0 saturated carbocycles. The van der Waals surface area contributed by atoms with Crippen LogP contribution in [-0.4, -0.2) is 19.6 Å².